The van der Waals surface area contributed by atoms with E-state index in [1.807, 2.05) is 0 Å². The van der Waals surface area contributed by atoms with E-state index < -0.39 is 186 Å². The molecule has 0 bridgehead atoms. The molecule has 12 unspecified atom stereocenters. The van der Waals surface area contributed by atoms with E-state index >= 15 is 0 Å². The number of carbonyl (C=O) groups is 2. The molecule has 418 valence electrons. The summed E-state index contributed by atoms with van der Waals surface area (Å²) in [5, 5.41) is 182. The molecule has 21 heteroatoms. The van der Waals surface area contributed by atoms with Crippen molar-refractivity contribution in [1.29, 1.82) is 0 Å². The van der Waals surface area contributed by atoms with Crippen LogP contribution in [-0.4, -0.2) is 112 Å². The summed E-state index contributed by atoms with van der Waals surface area (Å²) in [6.07, 6.45) is -8.04. The highest BCUT2D eigenvalue weighted by Gasteiger charge is 2.56. The molecule has 1 fully saturated rings. The van der Waals surface area contributed by atoms with Gasteiger partial charge < -0.3 is 95.9 Å². The molecule has 0 radical (unpaired) electrons. The normalized spacial score (nSPS) is 25.9. The van der Waals surface area contributed by atoms with Gasteiger partial charge in [-0.1, -0.05) is 49.4 Å². The molecule has 4 aliphatic rings. The summed E-state index contributed by atoms with van der Waals surface area (Å²) in [5.41, 5.74) is -1.73. The number of aliphatic hydroxyl groups excluding tert-OH is 3. The Balaban J connectivity index is 1.15. The standard InChI is InChI=1S/C60H52O21/c1-22-24(5-2-23-3-9-28(61)10-4-23)14-36(69)44(52(22)75)50-46-39(72)21-41(74)48(60(46)80-57(54(50)77)26-7-12-31(64)34(67)16-26)51-47-40(73)20-38(71)45(59(47)81-58(55(51)78)27-8-13-32(65)35(68)17-27)49-43-37(70)18-29(62)19-42(43)79-56(53(49)76)25-6-11-30(63)33(66)15-25/h2-13,15-22,24,44,49-51,53-58,61-68,70-74,76-78H,14H2,1H3. The van der Waals surface area contributed by atoms with Crippen LogP contribution >= 0.6 is 0 Å². The minimum Gasteiger partial charge on any atom is -0.508 e. The van der Waals surface area contributed by atoms with Gasteiger partial charge in [0.15, 0.2) is 52.8 Å². The quantitative estimate of drug-likeness (QED) is 0.0548. The van der Waals surface area contributed by atoms with Crippen molar-refractivity contribution in [3.05, 3.63) is 159 Å². The van der Waals surface area contributed by atoms with Gasteiger partial charge in [0.2, 0.25) is 0 Å². The molecule has 21 nitrogen and oxygen atoms in total. The molecule has 0 spiro atoms. The van der Waals surface area contributed by atoms with Crippen molar-refractivity contribution in [2.45, 2.75) is 67.7 Å². The Labute approximate surface area is 458 Å². The molecule has 16 N–H and O–H groups in total. The molecule has 81 heavy (non-hydrogen) atoms. The van der Waals surface area contributed by atoms with Gasteiger partial charge >= 0.3 is 0 Å². The molecule has 0 amide bonds. The van der Waals surface area contributed by atoms with E-state index in [4.69, 9.17) is 14.2 Å². The van der Waals surface area contributed by atoms with Crippen LogP contribution in [0.1, 0.15) is 99.5 Å². The number of phenols is 13. The number of ether oxygens (including phenoxy) is 3. The van der Waals surface area contributed by atoms with E-state index in [9.17, 15) is 91.3 Å². The van der Waals surface area contributed by atoms with Crippen LogP contribution in [0, 0.1) is 17.8 Å². The maximum atomic E-state index is 14.9. The van der Waals surface area contributed by atoms with Crippen molar-refractivity contribution in [2.24, 2.45) is 17.8 Å². The van der Waals surface area contributed by atoms with Gasteiger partial charge in [0.1, 0.15) is 87.4 Å². The Morgan fingerprint density at radius 1 is 0.420 bits per heavy atom. The van der Waals surface area contributed by atoms with Crippen LogP contribution in [0.2, 0.25) is 0 Å². The summed E-state index contributed by atoms with van der Waals surface area (Å²) in [4.78, 5) is 29.6. The summed E-state index contributed by atoms with van der Waals surface area (Å²) < 4.78 is 19.3. The predicted molar refractivity (Wildman–Crippen MR) is 281 cm³/mol. The Morgan fingerprint density at radius 2 is 0.852 bits per heavy atom. The summed E-state index contributed by atoms with van der Waals surface area (Å²) in [7, 11) is 0. The van der Waals surface area contributed by atoms with E-state index in [-0.39, 0.29) is 40.2 Å². The number of phenolic OH excluding ortho intramolecular Hbond substituents is 13. The second-order valence-corrected chi connectivity index (χ2v) is 20.8. The van der Waals surface area contributed by atoms with E-state index in [2.05, 4.69) is 0 Å². The number of aliphatic hydroxyl groups is 3. The minimum atomic E-state index is -2.10. The molecule has 3 aliphatic heterocycles. The van der Waals surface area contributed by atoms with Crippen LogP contribution in [0.4, 0.5) is 0 Å². The van der Waals surface area contributed by atoms with Gasteiger partial charge in [0.25, 0.3) is 0 Å². The van der Waals surface area contributed by atoms with Crippen LogP contribution in [0.5, 0.6) is 92.0 Å². The Kier molecular flexibility index (Phi) is 13.1. The van der Waals surface area contributed by atoms with E-state index in [1.54, 1.807) is 31.2 Å². The molecule has 1 aliphatic carbocycles. The summed E-state index contributed by atoms with van der Waals surface area (Å²) in [6, 6.07) is 19.8. The summed E-state index contributed by atoms with van der Waals surface area (Å²) in [6.45, 7) is 1.58. The Morgan fingerprint density at radius 3 is 1.35 bits per heavy atom. The minimum absolute atomic E-state index is 0.0183. The first-order valence-corrected chi connectivity index (χ1v) is 25.4. The van der Waals surface area contributed by atoms with Crippen LogP contribution in [0.25, 0.3) is 6.08 Å². The molecule has 11 rings (SSSR count). The SMILES string of the molecule is CC1C(=O)C(C2c3c(O)cc(O)c(C4c5c(O)cc(O)c(C6c7c(O)cc(O)cc7OC(c7ccc(O)c(O)c7)C6O)c5OC(c5ccc(O)c(O)c5)C4O)c3OC(c3ccc(O)c(O)c3)C2O)C(=O)CC1C=Cc1ccc(O)cc1. The van der Waals surface area contributed by atoms with Crippen molar-refractivity contribution in [2.75, 3.05) is 0 Å². The fourth-order valence-corrected chi connectivity index (χ4v) is 12.0. The topological polar surface area (TPSA) is 386 Å². The predicted octanol–water partition coefficient (Wildman–Crippen LogP) is 6.81. The monoisotopic (exact) mass is 1110 g/mol. The van der Waals surface area contributed by atoms with E-state index in [0.717, 1.165) is 60.7 Å². The number of rotatable bonds is 8. The first kappa shape index (κ1) is 53.3. The highest BCUT2D eigenvalue weighted by molar-refractivity contribution is 6.07. The van der Waals surface area contributed by atoms with Crippen molar-refractivity contribution >= 4 is 17.6 Å². The van der Waals surface area contributed by atoms with Crippen molar-refractivity contribution in [3.63, 3.8) is 0 Å². The smallest absolute Gasteiger partial charge is 0.157 e. The number of benzene rings is 7. The number of hydrogen-bond acceptors (Lipinski definition) is 21. The zero-order valence-electron chi connectivity index (χ0n) is 42.3. The molecular formula is C60H52O21. The molecule has 7 aromatic rings. The fraction of sp³-hybridized carbons (Fsp3) is 0.233. The summed E-state index contributed by atoms with van der Waals surface area (Å²) in [5.74, 6) is -20.1. The maximum Gasteiger partial charge on any atom is 0.157 e. The Hall–Kier alpha value is -9.70. The van der Waals surface area contributed by atoms with Gasteiger partial charge in [-0.25, -0.2) is 0 Å². The van der Waals surface area contributed by atoms with E-state index in [1.165, 1.54) is 30.3 Å². The Bertz CT molecular complexity index is 3740. The third-order valence-corrected chi connectivity index (χ3v) is 16.0. The number of fused-ring (bicyclic) bond motifs is 3. The molecule has 12 atom stereocenters. The van der Waals surface area contributed by atoms with Gasteiger partial charge in [0, 0.05) is 70.3 Å². The zero-order valence-corrected chi connectivity index (χ0v) is 42.3. The highest BCUT2D eigenvalue weighted by Crippen LogP contribution is 2.64. The molecule has 7 aromatic carbocycles. The van der Waals surface area contributed by atoms with Crippen LogP contribution < -0.4 is 14.2 Å². The lowest BCUT2D eigenvalue weighted by Crippen LogP contribution is -2.48. The third-order valence-electron chi connectivity index (χ3n) is 16.0. The first-order valence-electron chi connectivity index (χ1n) is 25.4. The number of Topliss-reactive ketones (excluding diaryl/α,β-unsaturated/α-hetero) is 2. The number of allylic oxidation sites excluding steroid dienone is 1. The van der Waals surface area contributed by atoms with Gasteiger partial charge in [-0.3, -0.25) is 9.59 Å². The fourth-order valence-electron chi connectivity index (χ4n) is 12.0. The third kappa shape index (κ3) is 8.87. The maximum absolute atomic E-state index is 14.9. The van der Waals surface area contributed by atoms with Crippen LogP contribution in [0.3, 0.4) is 0 Å². The second kappa shape index (κ2) is 19.9. The first-order chi connectivity index (χ1) is 38.5. The number of hydrogen-bond donors (Lipinski definition) is 16. The average molecular weight is 1110 g/mol. The van der Waals surface area contributed by atoms with Crippen LogP contribution in [0.15, 0.2) is 109 Å². The second-order valence-electron chi connectivity index (χ2n) is 20.8. The molecule has 3 heterocycles. The van der Waals surface area contributed by atoms with Crippen LogP contribution in [-0.2, 0) is 9.59 Å². The lowest BCUT2D eigenvalue weighted by Gasteiger charge is -2.45. The van der Waals surface area contributed by atoms with Crippen molar-refractivity contribution in [1.82, 2.24) is 0 Å². The van der Waals surface area contributed by atoms with Crippen molar-refractivity contribution < 1.29 is 106 Å². The van der Waals surface area contributed by atoms with Crippen molar-refractivity contribution in [3.8, 4) is 92.0 Å². The number of aromatic hydroxyl groups is 13. The lowest BCUT2D eigenvalue weighted by atomic mass is 9.63. The van der Waals surface area contributed by atoms with Gasteiger partial charge in [-0.15, -0.1) is 0 Å². The zero-order chi connectivity index (χ0) is 57.8. The number of ketones is 2. The summed E-state index contributed by atoms with van der Waals surface area (Å²) >= 11 is 0. The largest absolute Gasteiger partial charge is 0.508 e. The molecular weight excluding hydrogens is 1060 g/mol. The molecule has 0 aromatic heterocycles. The average Bonchev–Trinajstić information content (AvgIpc) is 3.58. The van der Waals surface area contributed by atoms with E-state index in [0.29, 0.717) is 5.56 Å². The van der Waals surface area contributed by atoms with Gasteiger partial charge in [0.05, 0.1) is 17.8 Å². The van der Waals surface area contributed by atoms with Gasteiger partial charge in [-0.05, 0) is 76.7 Å². The lowest BCUT2D eigenvalue weighted by molar-refractivity contribution is -0.144. The number of carbonyl (C=O) groups excluding carboxylic acids is 2. The molecule has 0 saturated heterocycles. The highest BCUT2D eigenvalue weighted by atomic mass is 16.5. The van der Waals surface area contributed by atoms with Gasteiger partial charge in [-0.2, -0.15) is 0 Å². The molecule has 1 saturated carbocycles.